The number of carbonyl (C=O) groups is 2. The summed E-state index contributed by atoms with van der Waals surface area (Å²) in [5.74, 6) is -1.35. The second-order valence-corrected chi connectivity index (χ2v) is 8.09. The Kier molecular flexibility index (Phi) is 7.55. The molecular formula is C25H19ClF3N5O3. The van der Waals surface area contributed by atoms with Crippen molar-refractivity contribution < 1.29 is 27.9 Å². The summed E-state index contributed by atoms with van der Waals surface area (Å²) < 4.78 is 42.5. The lowest BCUT2D eigenvalue weighted by molar-refractivity contribution is -0.137. The Hall–Kier alpha value is -4.22. The molecule has 0 aliphatic rings. The molecule has 0 spiro atoms. The molecular weight excluding hydrogens is 511 g/mol. The van der Waals surface area contributed by atoms with E-state index in [-0.39, 0.29) is 41.5 Å². The summed E-state index contributed by atoms with van der Waals surface area (Å²) in [6.45, 7) is -0.282. The second kappa shape index (κ2) is 10.8. The standard InChI is InChI=1S/C25H19ClF3N5O3/c26-19-13-18(25(27,28)29)16(20-8-4-5-9-30-20)12-17(19)23(36)32-22-14-21(24(37)31-10-11-35)33-34(22)15-6-2-1-3-7-15/h1-9,12-14,35H,10-11H2,(H,31,37)(H,32,36). The van der Waals surface area contributed by atoms with Gasteiger partial charge in [-0.15, -0.1) is 0 Å². The van der Waals surface area contributed by atoms with Crippen LogP contribution < -0.4 is 10.6 Å². The number of amides is 2. The van der Waals surface area contributed by atoms with Gasteiger partial charge in [-0.1, -0.05) is 35.9 Å². The Bertz CT molecular complexity index is 1430. The minimum Gasteiger partial charge on any atom is -0.395 e. The highest BCUT2D eigenvalue weighted by atomic mass is 35.5. The Labute approximate surface area is 213 Å². The van der Waals surface area contributed by atoms with E-state index in [1.54, 1.807) is 36.4 Å². The number of pyridine rings is 1. The second-order valence-electron chi connectivity index (χ2n) is 7.69. The Balaban J connectivity index is 1.75. The van der Waals surface area contributed by atoms with E-state index in [2.05, 4.69) is 20.7 Å². The third-order valence-electron chi connectivity index (χ3n) is 5.18. The van der Waals surface area contributed by atoms with Gasteiger partial charge >= 0.3 is 6.18 Å². The molecule has 37 heavy (non-hydrogen) atoms. The highest BCUT2D eigenvalue weighted by Gasteiger charge is 2.35. The van der Waals surface area contributed by atoms with Crippen molar-refractivity contribution in [1.82, 2.24) is 20.1 Å². The molecule has 0 aliphatic carbocycles. The average molecular weight is 530 g/mol. The highest BCUT2D eigenvalue weighted by molar-refractivity contribution is 6.34. The lowest BCUT2D eigenvalue weighted by Crippen LogP contribution is -2.26. The zero-order valence-electron chi connectivity index (χ0n) is 19.0. The number of alkyl halides is 3. The van der Waals surface area contributed by atoms with E-state index in [0.717, 1.165) is 6.07 Å². The minimum absolute atomic E-state index is 0.00379. The third kappa shape index (κ3) is 5.79. The zero-order chi connectivity index (χ0) is 26.6. The van der Waals surface area contributed by atoms with Gasteiger partial charge in [-0.2, -0.15) is 18.3 Å². The van der Waals surface area contributed by atoms with E-state index in [1.165, 1.54) is 29.1 Å². The fourth-order valence-corrected chi connectivity index (χ4v) is 3.76. The molecule has 0 radical (unpaired) electrons. The molecule has 4 aromatic rings. The number of para-hydroxylation sites is 1. The molecule has 0 saturated heterocycles. The first-order valence-corrected chi connectivity index (χ1v) is 11.2. The van der Waals surface area contributed by atoms with E-state index in [1.807, 2.05) is 0 Å². The number of aliphatic hydroxyl groups excluding tert-OH is 1. The van der Waals surface area contributed by atoms with Crippen LogP contribution >= 0.6 is 11.6 Å². The predicted molar refractivity (Wildman–Crippen MR) is 131 cm³/mol. The van der Waals surface area contributed by atoms with Gasteiger partial charge in [-0.3, -0.25) is 14.6 Å². The maximum atomic E-state index is 13.7. The summed E-state index contributed by atoms with van der Waals surface area (Å²) in [4.78, 5) is 29.6. The summed E-state index contributed by atoms with van der Waals surface area (Å²) >= 11 is 6.13. The lowest BCUT2D eigenvalue weighted by Gasteiger charge is -2.16. The van der Waals surface area contributed by atoms with E-state index in [4.69, 9.17) is 16.7 Å². The molecule has 2 aromatic heterocycles. The van der Waals surface area contributed by atoms with Crippen molar-refractivity contribution in [3.8, 4) is 16.9 Å². The van der Waals surface area contributed by atoms with Gasteiger partial charge in [0.1, 0.15) is 5.82 Å². The van der Waals surface area contributed by atoms with Gasteiger partial charge in [0.2, 0.25) is 0 Å². The molecule has 190 valence electrons. The molecule has 2 aromatic carbocycles. The number of nitrogens with zero attached hydrogens (tertiary/aromatic N) is 3. The van der Waals surface area contributed by atoms with Gasteiger partial charge in [0, 0.05) is 24.4 Å². The predicted octanol–water partition coefficient (Wildman–Crippen LogP) is 4.58. The van der Waals surface area contributed by atoms with Crippen LogP contribution in [-0.4, -0.2) is 44.8 Å². The van der Waals surface area contributed by atoms with Gasteiger partial charge in [0.05, 0.1) is 34.1 Å². The van der Waals surface area contributed by atoms with E-state index < -0.39 is 28.6 Å². The van der Waals surface area contributed by atoms with Crippen LogP contribution in [0.25, 0.3) is 16.9 Å². The molecule has 12 heteroatoms. The highest BCUT2D eigenvalue weighted by Crippen LogP contribution is 2.39. The number of carbonyl (C=O) groups excluding carboxylic acids is 2. The van der Waals surface area contributed by atoms with E-state index >= 15 is 0 Å². The number of hydrogen-bond acceptors (Lipinski definition) is 5. The van der Waals surface area contributed by atoms with Gasteiger partial charge < -0.3 is 15.7 Å². The molecule has 2 amide bonds. The monoisotopic (exact) mass is 529 g/mol. The van der Waals surface area contributed by atoms with Crippen molar-refractivity contribution in [2.24, 2.45) is 0 Å². The van der Waals surface area contributed by atoms with E-state index in [9.17, 15) is 22.8 Å². The fourth-order valence-electron chi connectivity index (χ4n) is 3.51. The molecule has 8 nitrogen and oxygen atoms in total. The van der Waals surface area contributed by atoms with Crippen LogP contribution in [0.2, 0.25) is 5.02 Å². The van der Waals surface area contributed by atoms with Crippen LogP contribution in [0.15, 0.2) is 72.9 Å². The first-order valence-electron chi connectivity index (χ1n) is 10.9. The quantitative estimate of drug-likeness (QED) is 0.325. The van der Waals surface area contributed by atoms with Crippen molar-refractivity contribution in [1.29, 1.82) is 0 Å². The number of halogens is 4. The topological polar surface area (TPSA) is 109 Å². The zero-order valence-corrected chi connectivity index (χ0v) is 19.7. The molecule has 4 rings (SSSR count). The van der Waals surface area contributed by atoms with Crippen LogP contribution in [0, 0.1) is 0 Å². The molecule has 0 atom stereocenters. The van der Waals surface area contributed by atoms with Gasteiger partial charge in [-0.05, 0) is 36.4 Å². The number of anilines is 1. The fraction of sp³-hybridized carbons (Fsp3) is 0.120. The summed E-state index contributed by atoms with van der Waals surface area (Å²) in [5, 5.41) is 17.8. The molecule has 0 fully saturated rings. The number of rotatable bonds is 7. The maximum Gasteiger partial charge on any atom is 0.417 e. The number of benzene rings is 2. The molecule has 3 N–H and O–H groups in total. The molecule has 0 unspecified atom stereocenters. The van der Waals surface area contributed by atoms with Crippen molar-refractivity contribution in [2.75, 3.05) is 18.5 Å². The third-order valence-corrected chi connectivity index (χ3v) is 5.49. The van der Waals surface area contributed by atoms with Crippen LogP contribution in [0.3, 0.4) is 0 Å². The molecule has 0 bridgehead atoms. The lowest BCUT2D eigenvalue weighted by atomic mass is 9.99. The van der Waals surface area contributed by atoms with Gasteiger partial charge in [-0.25, -0.2) is 4.68 Å². The van der Waals surface area contributed by atoms with Crippen LogP contribution in [-0.2, 0) is 6.18 Å². The Morgan fingerprint density at radius 1 is 1.00 bits per heavy atom. The Morgan fingerprint density at radius 2 is 1.73 bits per heavy atom. The summed E-state index contributed by atoms with van der Waals surface area (Å²) in [6, 6.07) is 16.1. The number of nitrogens with one attached hydrogen (secondary N) is 2. The van der Waals surface area contributed by atoms with Crippen molar-refractivity contribution >= 4 is 29.2 Å². The minimum atomic E-state index is -4.74. The number of hydrogen-bond donors (Lipinski definition) is 3. The first kappa shape index (κ1) is 25.9. The molecule has 0 saturated carbocycles. The summed E-state index contributed by atoms with van der Waals surface area (Å²) in [5.41, 5.74) is -1.12. The number of aromatic nitrogens is 3. The smallest absolute Gasteiger partial charge is 0.395 e. The number of aliphatic hydroxyl groups is 1. The van der Waals surface area contributed by atoms with Crippen molar-refractivity contribution in [3.63, 3.8) is 0 Å². The van der Waals surface area contributed by atoms with Crippen LogP contribution in [0.5, 0.6) is 0 Å². The summed E-state index contributed by atoms with van der Waals surface area (Å²) in [7, 11) is 0. The van der Waals surface area contributed by atoms with Gasteiger partial charge in [0.25, 0.3) is 11.8 Å². The Morgan fingerprint density at radius 3 is 2.38 bits per heavy atom. The normalized spacial score (nSPS) is 11.3. The van der Waals surface area contributed by atoms with Gasteiger partial charge in [0.15, 0.2) is 5.69 Å². The first-order chi connectivity index (χ1) is 17.7. The molecule has 0 aliphatic heterocycles. The maximum absolute atomic E-state index is 13.7. The van der Waals surface area contributed by atoms with Crippen molar-refractivity contribution in [2.45, 2.75) is 6.18 Å². The SMILES string of the molecule is O=C(NCCO)c1cc(NC(=O)c2cc(-c3ccccn3)c(C(F)(F)F)cc2Cl)n(-c2ccccc2)n1. The van der Waals surface area contributed by atoms with Crippen LogP contribution in [0.4, 0.5) is 19.0 Å². The van der Waals surface area contributed by atoms with Crippen molar-refractivity contribution in [3.05, 3.63) is 94.8 Å². The largest absolute Gasteiger partial charge is 0.417 e. The van der Waals surface area contributed by atoms with Crippen LogP contribution in [0.1, 0.15) is 26.4 Å². The molecule has 2 heterocycles. The average Bonchev–Trinajstić information content (AvgIpc) is 3.31. The summed E-state index contributed by atoms with van der Waals surface area (Å²) in [6.07, 6.45) is -3.40. The van der Waals surface area contributed by atoms with E-state index in [0.29, 0.717) is 11.8 Å².